The Labute approximate surface area is 204 Å². The van der Waals surface area contributed by atoms with E-state index >= 15 is 0 Å². The van der Waals surface area contributed by atoms with Crippen molar-refractivity contribution in [3.63, 3.8) is 0 Å². The van der Waals surface area contributed by atoms with Crippen molar-refractivity contribution in [1.82, 2.24) is 25.3 Å². The van der Waals surface area contributed by atoms with Crippen LogP contribution in [0.5, 0.6) is 5.75 Å². The molecule has 35 heavy (non-hydrogen) atoms. The van der Waals surface area contributed by atoms with Gasteiger partial charge in [-0.05, 0) is 62.6 Å². The number of aliphatic hydroxyl groups excluding tert-OH is 1. The van der Waals surface area contributed by atoms with Crippen LogP contribution >= 0.6 is 0 Å². The van der Waals surface area contributed by atoms with E-state index in [-0.39, 0.29) is 6.61 Å². The molecule has 1 aromatic carbocycles. The average molecular weight is 474 g/mol. The lowest BCUT2D eigenvalue weighted by Crippen LogP contribution is -2.29. The maximum Gasteiger partial charge on any atom is 0.160 e. The molecule has 1 aliphatic heterocycles. The molecule has 8 nitrogen and oxygen atoms in total. The Bertz CT molecular complexity index is 1300. The number of fused-ring (bicyclic) bond motifs is 1. The summed E-state index contributed by atoms with van der Waals surface area (Å²) in [7, 11) is 1.80. The number of aromatic nitrogens is 4. The Morgan fingerprint density at radius 2 is 2.14 bits per heavy atom. The molecular formula is C27H31N5O3. The molecule has 3 aromatic heterocycles. The number of aliphatic hydroxyl groups is 1. The van der Waals surface area contributed by atoms with E-state index in [1.54, 1.807) is 7.05 Å². The van der Waals surface area contributed by atoms with Crippen molar-refractivity contribution in [2.75, 3.05) is 33.4 Å². The van der Waals surface area contributed by atoms with Gasteiger partial charge in [0, 0.05) is 54.4 Å². The monoisotopic (exact) mass is 473 g/mol. The normalized spacial score (nSPS) is 16.6. The molecule has 0 bridgehead atoms. The fraction of sp³-hybridized carbons (Fsp3) is 0.370. The number of aromatic amines is 1. The molecule has 182 valence electrons. The number of ether oxygens (including phenoxy) is 2. The van der Waals surface area contributed by atoms with Gasteiger partial charge in [0.2, 0.25) is 0 Å². The quantitative estimate of drug-likeness (QED) is 0.341. The van der Waals surface area contributed by atoms with Gasteiger partial charge in [0.25, 0.3) is 0 Å². The first-order chi connectivity index (χ1) is 17.1. The van der Waals surface area contributed by atoms with Crippen molar-refractivity contribution in [3.05, 3.63) is 60.0 Å². The topological polar surface area (TPSA) is 105 Å². The second-order valence-electron chi connectivity index (χ2n) is 9.09. The standard InChI is InChI=1S/C27H31N5O3/c1-17-24(10-18-7-9-34-15-18)31-27(19-4-3-5-23(12-19)35-16-22(33)14-28-2)32-25(17)21-11-20-6-8-29-26(20)30-13-21/h3-6,8,11-13,18,22,28,33H,7,9-10,14-16H2,1-2H3,(H,29,30)/t18-,22?/m0/s1. The molecule has 3 N–H and O–H groups in total. The van der Waals surface area contributed by atoms with E-state index in [1.165, 1.54) is 0 Å². The highest BCUT2D eigenvalue weighted by molar-refractivity contribution is 5.81. The number of hydrogen-bond acceptors (Lipinski definition) is 7. The van der Waals surface area contributed by atoms with E-state index in [4.69, 9.17) is 19.4 Å². The van der Waals surface area contributed by atoms with Gasteiger partial charge in [-0.1, -0.05) is 12.1 Å². The number of nitrogens with one attached hydrogen (secondary N) is 2. The van der Waals surface area contributed by atoms with Crippen LogP contribution in [-0.2, 0) is 11.2 Å². The highest BCUT2D eigenvalue weighted by Gasteiger charge is 2.21. The Balaban J connectivity index is 1.52. The summed E-state index contributed by atoms with van der Waals surface area (Å²) >= 11 is 0. The van der Waals surface area contributed by atoms with E-state index in [0.717, 1.165) is 65.2 Å². The second kappa shape index (κ2) is 10.5. The maximum atomic E-state index is 9.99. The predicted molar refractivity (Wildman–Crippen MR) is 135 cm³/mol. The van der Waals surface area contributed by atoms with Gasteiger partial charge in [-0.2, -0.15) is 0 Å². The highest BCUT2D eigenvalue weighted by Crippen LogP contribution is 2.31. The van der Waals surface area contributed by atoms with Crippen molar-refractivity contribution in [3.8, 4) is 28.4 Å². The van der Waals surface area contributed by atoms with E-state index in [9.17, 15) is 5.11 Å². The molecular weight excluding hydrogens is 442 g/mol. The summed E-state index contributed by atoms with van der Waals surface area (Å²) < 4.78 is 11.4. The van der Waals surface area contributed by atoms with Crippen LogP contribution in [0.4, 0.5) is 0 Å². The minimum absolute atomic E-state index is 0.208. The molecule has 0 spiro atoms. The fourth-order valence-electron chi connectivity index (χ4n) is 4.47. The first kappa shape index (κ1) is 23.4. The fourth-order valence-corrected chi connectivity index (χ4v) is 4.47. The van der Waals surface area contributed by atoms with Crippen molar-refractivity contribution < 1.29 is 14.6 Å². The molecule has 0 aliphatic carbocycles. The highest BCUT2D eigenvalue weighted by atomic mass is 16.5. The number of pyridine rings is 1. The van der Waals surface area contributed by atoms with Gasteiger partial charge in [-0.15, -0.1) is 0 Å². The van der Waals surface area contributed by atoms with Crippen molar-refractivity contribution >= 4 is 11.0 Å². The lowest BCUT2D eigenvalue weighted by molar-refractivity contribution is 0.108. The average Bonchev–Trinajstić information content (AvgIpc) is 3.56. The zero-order valence-corrected chi connectivity index (χ0v) is 20.1. The van der Waals surface area contributed by atoms with Crippen molar-refractivity contribution in [2.24, 2.45) is 5.92 Å². The summed E-state index contributed by atoms with van der Waals surface area (Å²) in [5.74, 6) is 1.78. The van der Waals surface area contributed by atoms with Gasteiger partial charge in [0.1, 0.15) is 24.1 Å². The van der Waals surface area contributed by atoms with Crippen molar-refractivity contribution in [1.29, 1.82) is 0 Å². The molecule has 1 aliphatic rings. The molecule has 0 saturated carbocycles. The zero-order chi connectivity index (χ0) is 24.2. The minimum atomic E-state index is -0.582. The van der Waals surface area contributed by atoms with Crippen LogP contribution in [0.25, 0.3) is 33.7 Å². The zero-order valence-electron chi connectivity index (χ0n) is 20.1. The van der Waals surface area contributed by atoms with Crippen LogP contribution in [0.1, 0.15) is 17.7 Å². The molecule has 1 fully saturated rings. The number of rotatable bonds is 9. The van der Waals surface area contributed by atoms with Gasteiger partial charge in [0.15, 0.2) is 5.82 Å². The first-order valence-electron chi connectivity index (χ1n) is 12.1. The smallest absolute Gasteiger partial charge is 0.160 e. The number of likely N-dealkylation sites (N-methyl/N-ethyl adjacent to an activating group) is 1. The SMILES string of the molecule is CNCC(O)COc1cccc(-c2nc(C[C@@H]3CCOC3)c(C)c(-c3cnc4[nH]ccc4c3)n2)c1. The molecule has 0 amide bonds. The predicted octanol–water partition coefficient (Wildman–Crippen LogP) is 3.53. The van der Waals surface area contributed by atoms with Crippen LogP contribution in [-0.4, -0.2) is 64.6 Å². The Hall–Kier alpha value is -3.33. The molecule has 0 radical (unpaired) electrons. The Morgan fingerprint density at radius 3 is 2.97 bits per heavy atom. The number of H-pyrrole nitrogens is 1. The van der Waals surface area contributed by atoms with Crippen LogP contribution < -0.4 is 10.1 Å². The number of benzene rings is 1. The lowest BCUT2D eigenvalue weighted by atomic mass is 9.97. The summed E-state index contributed by atoms with van der Waals surface area (Å²) in [5, 5.41) is 14.0. The van der Waals surface area contributed by atoms with Gasteiger partial charge in [0.05, 0.1) is 5.69 Å². The number of hydrogen-bond donors (Lipinski definition) is 3. The van der Waals surface area contributed by atoms with Crippen LogP contribution in [0.2, 0.25) is 0 Å². The lowest BCUT2D eigenvalue weighted by Gasteiger charge is -2.16. The van der Waals surface area contributed by atoms with Crippen molar-refractivity contribution in [2.45, 2.75) is 25.9 Å². The summed E-state index contributed by atoms with van der Waals surface area (Å²) in [6, 6.07) is 11.9. The van der Waals surface area contributed by atoms with Gasteiger partial charge >= 0.3 is 0 Å². The van der Waals surface area contributed by atoms with Crippen LogP contribution in [0.15, 0.2) is 48.8 Å². The molecule has 5 rings (SSSR count). The summed E-state index contributed by atoms with van der Waals surface area (Å²) in [5.41, 5.74) is 5.67. The molecule has 2 atom stereocenters. The molecule has 1 saturated heterocycles. The molecule has 1 unspecified atom stereocenters. The van der Waals surface area contributed by atoms with Gasteiger partial charge < -0.3 is 24.9 Å². The molecule has 4 heterocycles. The largest absolute Gasteiger partial charge is 0.491 e. The van der Waals surface area contributed by atoms with E-state index in [1.807, 2.05) is 42.7 Å². The van der Waals surface area contributed by atoms with E-state index in [0.29, 0.717) is 24.0 Å². The Morgan fingerprint density at radius 1 is 1.23 bits per heavy atom. The number of nitrogens with zero attached hydrogens (tertiary/aromatic N) is 3. The van der Waals surface area contributed by atoms with Crippen LogP contribution in [0, 0.1) is 12.8 Å². The second-order valence-corrected chi connectivity index (χ2v) is 9.09. The third-order valence-electron chi connectivity index (χ3n) is 6.40. The third kappa shape index (κ3) is 5.35. The van der Waals surface area contributed by atoms with Gasteiger partial charge in [-0.25, -0.2) is 15.0 Å². The summed E-state index contributed by atoms with van der Waals surface area (Å²) in [4.78, 5) is 17.7. The van der Waals surface area contributed by atoms with E-state index < -0.39 is 6.10 Å². The molecule has 4 aromatic rings. The summed E-state index contributed by atoms with van der Waals surface area (Å²) in [6.07, 6.45) is 5.07. The van der Waals surface area contributed by atoms with Crippen LogP contribution in [0.3, 0.4) is 0 Å². The third-order valence-corrected chi connectivity index (χ3v) is 6.40. The molecule has 8 heteroatoms. The van der Waals surface area contributed by atoms with E-state index in [2.05, 4.69) is 28.3 Å². The maximum absolute atomic E-state index is 9.99. The Kier molecular flexibility index (Phi) is 7.03. The van der Waals surface area contributed by atoms with Gasteiger partial charge in [-0.3, -0.25) is 0 Å². The minimum Gasteiger partial charge on any atom is -0.491 e. The first-order valence-corrected chi connectivity index (χ1v) is 12.1. The summed E-state index contributed by atoms with van der Waals surface area (Å²) in [6.45, 7) is 4.34.